The number of carbonyl (C=O) groups excluding carboxylic acids is 3. The molecule has 10 heteroatoms. The van der Waals surface area contributed by atoms with Gasteiger partial charge >= 0.3 is 18.0 Å². The SMILES string of the molecule is CCOC(=O)CNC(=O)Nc1ccc(C2NC(=S)N(C)C(C)=C2C(=O)OCC(C)C)cc1. The minimum Gasteiger partial charge on any atom is -0.465 e. The van der Waals surface area contributed by atoms with E-state index in [2.05, 4.69) is 16.0 Å². The molecule has 9 nitrogen and oxygen atoms in total. The number of allylic oxidation sites excluding steroid dienone is 1. The molecule has 1 aromatic rings. The molecule has 1 aliphatic heterocycles. The van der Waals surface area contributed by atoms with E-state index < -0.39 is 24.0 Å². The van der Waals surface area contributed by atoms with Crippen molar-refractivity contribution in [1.82, 2.24) is 15.5 Å². The van der Waals surface area contributed by atoms with Crippen LogP contribution in [0.25, 0.3) is 0 Å². The molecule has 2 rings (SSSR count). The molecule has 0 radical (unpaired) electrons. The summed E-state index contributed by atoms with van der Waals surface area (Å²) in [7, 11) is 1.79. The number of nitrogens with one attached hydrogen (secondary N) is 3. The number of carbonyl (C=O) groups is 3. The van der Waals surface area contributed by atoms with Crippen molar-refractivity contribution in [2.24, 2.45) is 5.92 Å². The number of amides is 2. The Kier molecular flexibility index (Phi) is 9.01. The van der Waals surface area contributed by atoms with Gasteiger partial charge in [0.15, 0.2) is 5.11 Å². The van der Waals surface area contributed by atoms with Gasteiger partial charge in [-0.3, -0.25) is 4.79 Å². The first kappa shape index (κ1) is 25.1. The van der Waals surface area contributed by atoms with Crippen LogP contribution >= 0.6 is 12.2 Å². The lowest BCUT2D eigenvalue weighted by molar-refractivity contribution is -0.142. The molecule has 32 heavy (non-hydrogen) atoms. The number of rotatable bonds is 8. The highest BCUT2D eigenvalue weighted by Gasteiger charge is 2.33. The Morgan fingerprint density at radius 3 is 2.44 bits per heavy atom. The molecule has 0 aromatic heterocycles. The quantitative estimate of drug-likeness (QED) is 0.400. The first-order chi connectivity index (χ1) is 15.1. The molecule has 0 spiro atoms. The second-order valence-electron chi connectivity index (χ2n) is 7.67. The van der Waals surface area contributed by atoms with Gasteiger partial charge in [0, 0.05) is 18.4 Å². The number of hydrogen-bond donors (Lipinski definition) is 3. The number of thiocarbonyl (C=S) groups is 1. The third-order valence-electron chi connectivity index (χ3n) is 4.72. The maximum atomic E-state index is 12.8. The van der Waals surface area contributed by atoms with Gasteiger partial charge in [-0.15, -0.1) is 0 Å². The maximum Gasteiger partial charge on any atom is 0.338 e. The first-order valence-electron chi connectivity index (χ1n) is 10.4. The Labute approximate surface area is 193 Å². The molecule has 1 aliphatic rings. The molecule has 0 fully saturated rings. The first-order valence-corrected chi connectivity index (χ1v) is 10.8. The molecule has 1 aromatic carbocycles. The van der Waals surface area contributed by atoms with Crippen LogP contribution < -0.4 is 16.0 Å². The summed E-state index contributed by atoms with van der Waals surface area (Å²) < 4.78 is 10.2. The van der Waals surface area contributed by atoms with Gasteiger partial charge in [-0.1, -0.05) is 26.0 Å². The van der Waals surface area contributed by atoms with Gasteiger partial charge in [-0.05, 0) is 49.7 Å². The number of anilines is 1. The van der Waals surface area contributed by atoms with Crippen molar-refractivity contribution < 1.29 is 23.9 Å². The summed E-state index contributed by atoms with van der Waals surface area (Å²) in [5, 5.41) is 8.75. The highest BCUT2D eigenvalue weighted by Crippen LogP contribution is 2.31. The second kappa shape index (κ2) is 11.5. The van der Waals surface area contributed by atoms with Crippen molar-refractivity contribution in [3.05, 3.63) is 41.1 Å². The molecular formula is C22H30N4O5S. The van der Waals surface area contributed by atoms with Crippen LogP contribution in [0.15, 0.2) is 35.5 Å². The highest BCUT2D eigenvalue weighted by molar-refractivity contribution is 7.80. The molecular weight excluding hydrogens is 432 g/mol. The maximum absolute atomic E-state index is 12.8. The molecule has 2 amide bonds. The fourth-order valence-corrected chi connectivity index (χ4v) is 3.22. The Morgan fingerprint density at radius 1 is 1.19 bits per heavy atom. The van der Waals surface area contributed by atoms with Crippen LogP contribution in [0.3, 0.4) is 0 Å². The van der Waals surface area contributed by atoms with Gasteiger partial charge in [-0.25, -0.2) is 9.59 Å². The van der Waals surface area contributed by atoms with Gasteiger partial charge < -0.3 is 30.3 Å². The van der Waals surface area contributed by atoms with Crippen LogP contribution in [-0.2, 0) is 19.1 Å². The zero-order chi connectivity index (χ0) is 23.8. The lowest BCUT2D eigenvalue weighted by Crippen LogP contribution is -2.46. The van der Waals surface area contributed by atoms with E-state index in [1.165, 1.54) is 0 Å². The smallest absolute Gasteiger partial charge is 0.338 e. The zero-order valence-corrected chi connectivity index (χ0v) is 19.8. The van der Waals surface area contributed by atoms with E-state index in [1.54, 1.807) is 43.1 Å². The fourth-order valence-electron chi connectivity index (χ4n) is 2.97. The number of hydrogen-bond acceptors (Lipinski definition) is 6. The van der Waals surface area contributed by atoms with E-state index >= 15 is 0 Å². The predicted octanol–water partition coefficient (Wildman–Crippen LogP) is 2.71. The standard InChI is InChI=1S/C22H30N4O5S/c1-6-30-17(27)11-23-21(29)24-16-9-7-15(8-10-16)19-18(20(28)31-12-13(2)3)14(4)26(5)22(32)25-19/h7-10,13,19H,6,11-12H2,1-5H3,(H,25,32)(H2,23,24,29). The molecule has 1 heterocycles. The van der Waals surface area contributed by atoms with E-state index in [9.17, 15) is 14.4 Å². The summed E-state index contributed by atoms with van der Waals surface area (Å²) in [6.07, 6.45) is 0. The third kappa shape index (κ3) is 6.68. The summed E-state index contributed by atoms with van der Waals surface area (Å²) in [4.78, 5) is 37.9. The molecule has 0 bridgehead atoms. The highest BCUT2D eigenvalue weighted by atomic mass is 32.1. The van der Waals surface area contributed by atoms with Crippen molar-refractivity contribution >= 4 is 41.0 Å². The van der Waals surface area contributed by atoms with Gasteiger partial charge in [0.2, 0.25) is 0 Å². The summed E-state index contributed by atoms with van der Waals surface area (Å²) in [5.41, 5.74) is 2.51. The molecule has 0 aliphatic carbocycles. The van der Waals surface area contributed by atoms with E-state index in [0.717, 1.165) is 5.56 Å². The second-order valence-corrected chi connectivity index (χ2v) is 8.05. The van der Waals surface area contributed by atoms with E-state index in [4.69, 9.17) is 21.7 Å². The van der Waals surface area contributed by atoms with Crippen molar-refractivity contribution in [3.8, 4) is 0 Å². The molecule has 1 atom stereocenters. The van der Waals surface area contributed by atoms with Gasteiger partial charge in [0.1, 0.15) is 6.54 Å². The lowest BCUT2D eigenvalue weighted by atomic mass is 9.95. The average Bonchev–Trinajstić information content (AvgIpc) is 2.75. The molecule has 0 saturated heterocycles. The molecule has 3 N–H and O–H groups in total. The summed E-state index contributed by atoms with van der Waals surface area (Å²) >= 11 is 5.41. The van der Waals surface area contributed by atoms with Gasteiger partial charge in [0.25, 0.3) is 0 Å². The van der Waals surface area contributed by atoms with Crippen LogP contribution in [0.4, 0.5) is 10.5 Å². The Balaban J connectivity index is 2.14. The third-order valence-corrected chi connectivity index (χ3v) is 5.11. The minimum atomic E-state index is -0.530. The minimum absolute atomic E-state index is 0.217. The van der Waals surface area contributed by atoms with Crippen molar-refractivity contribution in [3.63, 3.8) is 0 Å². The fraction of sp³-hybridized carbons (Fsp3) is 0.455. The predicted molar refractivity (Wildman–Crippen MR) is 125 cm³/mol. The van der Waals surface area contributed by atoms with Crippen LogP contribution in [0.5, 0.6) is 0 Å². The summed E-state index contributed by atoms with van der Waals surface area (Å²) in [5.74, 6) is -0.695. The van der Waals surface area contributed by atoms with E-state index in [-0.39, 0.29) is 19.1 Å². The molecule has 1 unspecified atom stereocenters. The number of benzene rings is 1. The van der Waals surface area contributed by atoms with E-state index in [1.807, 2.05) is 20.8 Å². The molecule has 174 valence electrons. The Morgan fingerprint density at radius 2 is 1.84 bits per heavy atom. The zero-order valence-electron chi connectivity index (χ0n) is 19.0. The number of ether oxygens (including phenoxy) is 2. The van der Waals surface area contributed by atoms with Crippen molar-refractivity contribution in [2.45, 2.75) is 33.7 Å². The monoisotopic (exact) mass is 462 g/mol. The van der Waals surface area contributed by atoms with Gasteiger partial charge in [-0.2, -0.15) is 0 Å². The Bertz CT molecular complexity index is 898. The van der Waals surface area contributed by atoms with Crippen LogP contribution in [-0.4, -0.2) is 54.8 Å². The lowest BCUT2D eigenvalue weighted by Gasteiger charge is -2.35. The number of esters is 2. The average molecular weight is 463 g/mol. The van der Waals surface area contributed by atoms with Crippen molar-refractivity contribution in [2.75, 3.05) is 32.1 Å². The van der Waals surface area contributed by atoms with Gasteiger partial charge in [0.05, 0.1) is 24.8 Å². The molecule has 0 saturated carbocycles. The largest absolute Gasteiger partial charge is 0.465 e. The topological polar surface area (TPSA) is 109 Å². The van der Waals surface area contributed by atoms with Crippen LogP contribution in [0.2, 0.25) is 0 Å². The summed E-state index contributed by atoms with van der Waals surface area (Å²) in [6.45, 7) is 7.81. The van der Waals surface area contributed by atoms with E-state index in [0.29, 0.717) is 28.7 Å². The van der Waals surface area contributed by atoms with Crippen LogP contribution in [0.1, 0.15) is 39.3 Å². The Hall–Kier alpha value is -3.14. The number of nitrogens with zero attached hydrogens (tertiary/aromatic N) is 1. The van der Waals surface area contributed by atoms with Crippen molar-refractivity contribution in [1.29, 1.82) is 0 Å². The number of urea groups is 1. The normalized spacial score (nSPS) is 15.9. The summed E-state index contributed by atoms with van der Waals surface area (Å²) in [6, 6.07) is 5.97. The van der Waals surface area contributed by atoms with Crippen LogP contribution in [0, 0.1) is 5.92 Å².